The molecule has 0 atom stereocenters. The summed E-state index contributed by atoms with van der Waals surface area (Å²) < 4.78 is 0. The second kappa shape index (κ2) is 6.34. The molecular formula is C14H22N2OS. The molecule has 3 nitrogen and oxygen atoms in total. The van der Waals surface area contributed by atoms with Gasteiger partial charge in [-0.3, -0.25) is 4.79 Å². The number of hydrogen-bond acceptors (Lipinski definition) is 3. The predicted molar refractivity (Wildman–Crippen MR) is 75.8 cm³/mol. The molecule has 1 aromatic rings. The van der Waals surface area contributed by atoms with Gasteiger partial charge < -0.3 is 10.2 Å². The zero-order chi connectivity index (χ0) is 13.0. The maximum Gasteiger partial charge on any atom is 0.236 e. The van der Waals surface area contributed by atoms with E-state index in [0.29, 0.717) is 12.6 Å². The topological polar surface area (TPSA) is 32.3 Å². The highest BCUT2D eigenvalue weighted by atomic mass is 32.1. The first-order valence-electron chi connectivity index (χ1n) is 6.67. The van der Waals surface area contributed by atoms with Gasteiger partial charge >= 0.3 is 0 Å². The van der Waals surface area contributed by atoms with E-state index >= 15 is 0 Å². The molecule has 1 amide bonds. The maximum absolute atomic E-state index is 12.0. The molecule has 18 heavy (non-hydrogen) atoms. The number of likely N-dealkylation sites (N-methyl/N-ethyl adjacent to an activating group) is 1. The van der Waals surface area contributed by atoms with Crippen LogP contribution in [0.15, 0.2) is 11.4 Å². The Balaban J connectivity index is 1.76. The van der Waals surface area contributed by atoms with E-state index < -0.39 is 0 Å². The van der Waals surface area contributed by atoms with Crippen LogP contribution in [0.3, 0.4) is 0 Å². The lowest BCUT2D eigenvalue weighted by molar-refractivity contribution is -0.129. The van der Waals surface area contributed by atoms with E-state index in [9.17, 15) is 4.79 Å². The summed E-state index contributed by atoms with van der Waals surface area (Å²) in [5, 5.41) is 5.45. The van der Waals surface area contributed by atoms with Gasteiger partial charge in [-0.1, -0.05) is 12.8 Å². The molecular weight excluding hydrogens is 244 g/mol. The van der Waals surface area contributed by atoms with Crippen LogP contribution in [0.4, 0.5) is 0 Å². The fourth-order valence-electron chi connectivity index (χ4n) is 2.37. The molecule has 0 spiro atoms. The van der Waals surface area contributed by atoms with Gasteiger partial charge in [-0.25, -0.2) is 0 Å². The molecule has 0 aromatic carbocycles. The minimum atomic E-state index is 0.190. The molecule has 1 fully saturated rings. The summed E-state index contributed by atoms with van der Waals surface area (Å²) in [5.41, 5.74) is 1.28. The first-order chi connectivity index (χ1) is 8.66. The van der Waals surface area contributed by atoms with Crippen LogP contribution in [0.25, 0.3) is 0 Å². The molecule has 0 radical (unpaired) electrons. The van der Waals surface area contributed by atoms with E-state index in [1.54, 1.807) is 11.3 Å². The number of carbonyl (C=O) groups is 1. The average Bonchev–Trinajstić information content (AvgIpc) is 2.99. The molecule has 1 saturated carbocycles. The van der Waals surface area contributed by atoms with Crippen molar-refractivity contribution in [1.82, 2.24) is 10.2 Å². The van der Waals surface area contributed by atoms with Gasteiger partial charge in [0.1, 0.15) is 0 Å². The lowest BCUT2D eigenvalue weighted by Gasteiger charge is -2.19. The molecule has 1 N–H and O–H groups in total. The number of nitrogens with zero attached hydrogens (tertiary/aromatic N) is 1. The van der Waals surface area contributed by atoms with E-state index in [-0.39, 0.29) is 5.91 Å². The standard InChI is InChI=1S/C14H22N2OS/c1-11-7-8-18-13(11)10-16(2)14(17)9-15-12-5-3-4-6-12/h7-8,12,15H,3-6,9-10H2,1-2H3. The van der Waals surface area contributed by atoms with E-state index in [2.05, 4.69) is 23.7 Å². The smallest absolute Gasteiger partial charge is 0.236 e. The zero-order valence-corrected chi connectivity index (χ0v) is 12.1. The minimum absolute atomic E-state index is 0.190. The number of aryl methyl sites for hydroxylation is 1. The number of thiophene rings is 1. The van der Waals surface area contributed by atoms with Crippen LogP contribution in [0, 0.1) is 6.92 Å². The maximum atomic E-state index is 12.0. The molecule has 1 heterocycles. The van der Waals surface area contributed by atoms with Crippen LogP contribution in [-0.4, -0.2) is 30.4 Å². The lowest BCUT2D eigenvalue weighted by Crippen LogP contribution is -2.38. The molecule has 0 unspecified atom stereocenters. The number of carbonyl (C=O) groups excluding carboxylic acids is 1. The molecule has 1 aliphatic carbocycles. The third kappa shape index (κ3) is 3.56. The summed E-state index contributed by atoms with van der Waals surface area (Å²) in [7, 11) is 1.89. The molecule has 2 rings (SSSR count). The Morgan fingerprint density at radius 2 is 2.22 bits per heavy atom. The van der Waals surface area contributed by atoms with Crippen molar-refractivity contribution < 1.29 is 4.79 Å². The van der Waals surface area contributed by atoms with Crippen LogP contribution in [-0.2, 0) is 11.3 Å². The summed E-state index contributed by atoms with van der Waals surface area (Å²) >= 11 is 1.72. The minimum Gasteiger partial charge on any atom is -0.340 e. The normalized spacial score (nSPS) is 16.1. The highest BCUT2D eigenvalue weighted by Gasteiger charge is 2.17. The van der Waals surface area contributed by atoms with Crippen LogP contribution < -0.4 is 5.32 Å². The van der Waals surface area contributed by atoms with E-state index in [0.717, 1.165) is 6.54 Å². The summed E-state index contributed by atoms with van der Waals surface area (Å²) in [4.78, 5) is 15.1. The molecule has 1 aliphatic rings. The van der Waals surface area contributed by atoms with Crippen molar-refractivity contribution in [3.63, 3.8) is 0 Å². The van der Waals surface area contributed by atoms with Crippen molar-refractivity contribution >= 4 is 17.2 Å². The van der Waals surface area contributed by atoms with Gasteiger partial charge in [-0.05, 0) is 36.8 Å². The summed E-state index contributed by atoms with van der Waals surface area (Å²) in [6.07, 6.45) is 5.05. The Hall–Kier alpha value is -0.870. The Bertz CT molecular complexity index is 396. The highest BCUT2D eigenvalue weighted by Crippen LogP contribution is 2.18. The third-order valence-corrected chi connectivity index (χ3v) is 4.68. The van der Waals surface area contributed by atoms with Gasteiger partial charge in [-0.2, -0.15) is 0 Å². The number of hydrogen-bond donors (Lipinski definition) is 1. The van der Waals surface area contributed by atoms with Crippen LogP contribution in [0.1, 0.15) is 36.1 Å². The van der Waals surface area contributed by atoms with Crippen molar-refractivity contribution in [2.24, 2.45) is 0 Å². The number of amides is 1. The SMILES string of the molecule is Cc1ccsc1CN(C)C(=O)CNC1CCCC1. The molecule has 4 heteroatoms. The van der Waals surface area contributed by atoms with Gasteiger partial charge in [0.05, 0.1) is 13.1 Å². The van der Waals surface area contributed by atoms with Crippen LogP contribution >= 0.6 is 11.3 Å². The molecule has 0 bridgehead atoms. The second-order valence-electron chi connectivity index (χ2n) is 5.14. The van der Waals surface area contributed by atoms with Crippen molar-refractivity contribution in [1.29, 1.82) is 0 Å². The zero-order valence-electron chi connectivity index (χ0n) is 11.2. The highest BCUT2D eigenvalue weighted by molar-refractivity contribution is 7.10. The predicted octanol–water partition coefficient (Wildman–Crippen LogP) is 2.55. The summed E-state index contributed by atoms with van der Waals surface area (Å²) in [5.74, 6) is 0.190. The van der Waals surface area contributed by atoms with Gasteiger partial charge in [0.25, 0.3) is 0 Å². The fourth-order valence-corrected chi connectivity index (χ4v) is 3.32. The molecule has 0 saturated heterocycles. The van der Waals surface area contributed by atoms with Crippen molar-refractivity contribution in [2.75, 3.05) is 13.6 Å². The monoisotopic (exact) mass is 266 g/mol. The van der Waals surface area contributed by atoms with E-state index in [4.69, 9.17) is 0 Å². The Kier molecular flexibility index (Phi) is 4.78. The number of nitrogens with one attached hydrogen (secondary N) is 1. The van der Waals surface area contributed by atoms with Gasteiger partial charge in [0, 0.05) is 18.0 Å². The fraction of sp³-hybridized carbons (Fsp3) is 0.643. The first-order valence-corrected chi connectivity index (χ1v) is 7.55. The van der Waals surface area contributed by atoms with Crippen molar-refractivity contribution in [2.45, 2.75) is 45.2 Å². The van der Waals surface area contributed by atoms with E-state index in [1.807, 2.05) is 11.9 Å². The van der Waals surface area contributed by atoms with Crippen LogP contribution in [0.5, 0.6) is 0 Å². The Morgan fingerprint density at radius 3 is 2.83 bits per heavy atom. The quantitative estimate of drug-likeness (QED) is 0.888. The largest absolute Gasteiger partial charge is 0.340 e. The average molecular weight is 266 g/mol. The molecule has 1 aromatic heterocycles. The van der Waals surface area contributed by atoms with Crippen molar-refractivity contribution in [3.05, 3.63) is 21.9 Å². The van der Waals surface area contributed by atoms with E-state index in [1.165, 1.54) is 36.1 Å². The van der Waals surface area contributed by atoms with Crippen LogP contribution in [0.2, 0.25) is 0 Å². The summed E-state index contributed by atoms with van der Waals surface area (Å²) in [6.45, 7) is 3.31. The van der Waals surface area contributed by atoms with Gasteiger partial charge in [0.2, 0.25) is 5.91 Å². The lowest BCUT2D eigenvalue weighted by atomic mass is 10.2. The Morgan fingerprint density at radius 1 is 1.50 bits per heavy atom. The number of rotatable bonds is 5. The second-order valence-corrected chi connectivity index (χ2v) is 6.14. The molecule has 100 valence electrons. The Labute approximate surface area is 113 Å². The first kappa shape index (κ1) is 13.6. The third-order valence-electron chi connectivity index (χ3n) is 3.67. The van der Waals surface area contributed by atoms with Gasteiger partial charge in [0.15, 0.2) is 0 Å². The van der Waals surface area contributed by atoms with Gasteiger partial charge in [-0.15, -0.1) is 11.3 Å². The molecule has 0 aliphatic heterocycles. The van der Waals surface area contributed by atoms with Crippen molar-refractivity contribution in [3.8, 4) is 0 Å². The summed E-state index contributed by atoms with van der Waals surface area (Å²) in [6, 6.07) is 2.67.